The van der Waals surface area contributed by atoms with E-state index in [2.05, 4.69) is 15.5 Å². The molecule has 0 spiro atoms. The van der Waals surface area contributed by atoms with Crippen LogP contribution in [0.4, 0.5) is 10.1 Å². The number of anilines is 1. The predicted molar refractivity (Wildman–Crippen MR) is 103 cm³/mol. The summed E-state index contributed by atoms with van der Waals surface area (Å²) in [6.07, 6.45) is 1.60. The van der Waals surface area contributed by atoms with Gasteiger partial charge in [-0.2, -0.15) is 0 Å². The molecule has 7 nitrogen and oxygen atoms in total. The number of nitrogens with one attached hydrogen (secondary N) is 1. The molecule has 28 heavy (non-hydrogen) atoms. The van der Waals surface area contributed by atoms with Gasteiger partial charge in [-0.15, -0.1) is 10.2 Å². The van der Waals surface area contributed by atoms with Crippen LogP contribution >= 0.6 is 11.8 Å². The van der Waals surface area contributed by atoms with Gasteiger partial charge < -0.3 is 9.88 Å². The standard InChI is InChI=1S/C18H17FN4O3S2/c1-12(28(25,26)16-9-3-13(19)4-10-16)17(24)21-14-5-7-15(8-6-14)27-18-22-20-11-23(18)2/h3-12H,1-2H3,(H,21,24). The van der Waals surface area contributed by atoms with Crippen LogP contribution in [0.5, 0.6) is 0 Å². The molecule has 1 unspecified atom stereocenters. The first kappa shape index (κ1) is 20.0. The number of aromatic nitrogens is 3. The van der Waals surface area contributed by atoms with E-state index in [9.17, 15) is 17.6 Å². The first-order valence-electron chi connectivity index (χ1n) is 8.19. The molecule has 0 aliphatic rings. The number of hydrogen-bond acceptors (Lipinski definition) is 6. The number of sulfone groups is 1. The van der Waals surface area contributed by atoms with Crippen molar-refractivity contribution in [3.05, 3.63) is 60.7 Å². The lowest BCUT2D eigenvalue weighted by atomic mass is 10.3. The molecule has 3 rings (SSSR count). The lowest BCUT2D eigenvalue weighted by Gasteiger charge is -2.13. The third-order valence-electron chi connectivity index (χ3n) is 3.98. The van der Waals surface area contributed by atoms with E-state index in [1.54, 1.807) is 35.2 Å². The van der Waals surface area contributed by atoms with Crippen LogP contribution < -0.4 is 5.32 Å². The lowest BCUT2D eigenvalue weighted by molar-refractivity contribution is -0.115. The zero-order chi connectivity index (χ0) is 20.3. The summed E-state index contributed by atoms with van der Waals surface area (Å²) in [5.74, 6) is -1.21. The summed E-state index contributed by atoms with van der Waals surface area (Å²) in [4.78, 5) is 13.2. The molecule has 2 aromatic carbocycles. The highest BCUT2D eigenvalue weighted by atomic mass is 32.2. The normalized spacial score (nSPS) is 12.5. The Bertz CT molecular complexity index is 1080. The van der Waals surface area contributed by atoms with Crippen LogP contribution in [0.15, 0.2) is 69.8 Å². The molecule has 1 heterocycles. The minimum Gasteiger partial charge on any atom is -0.325 e. The van der Waals surface area contributed by atoms with Crippen LogP contribution in [0, 0.1) is 5.82 Å². The molecule has 0 saturated carbocycles. The Morgan fingerprint density at radius 2 is 1.79 bits per heavy atom. The van der Waals surface area contributed by atoms with Gasteiger partial charge in [0.2, 0.25) is 5.91 Å². The number of amides is 1. The minimum absolute atomic E-state index is 0.105. The van der Waals surface area contributed by atoms with Crippen LogP contribution in [-0.2, 0) is 21.7 Å². The van der Waals surface area contributed by atoms with E-state index in [1.165, 1.54) is 18.7 Å². The number of benzene rings is 2. The molecule has 1 atom stereocenters. The maximum Gasteiger partial charge on any atom is 0.242 e. The summed E-state index contributed by atoms with van der Waals surface area (Å²) in [6.45, 7) is 1.30. The Morgan fingerprint density at radius 1 is 1.14 bits per heavy atom. The van der Waals surface area contributed by atoms with E-state index in [0.717, 1.165) is 34.3 Å². The Hall–Kier alpha value is -2.72. The maximum absolute atomic E-state index is 13.0. The number of halogens is 1. The van der Waals surface area contributed by atoms with Gasteiger partial charge in [-0.1, -0.05) is 0 Å². The van der Waals surface area contributed by atoms with Crippen molar-refractivity contribution in [1.29, 1.82) is 0 Å². The zero-order valence-electron chi connectivity index (χ0n) is 15.0. The second-order valence-electron chi connectivity index (χ2n) is 5.98. The van der Waals surface area contributed by atoms with Crippen molar-refractivity contribution in [1.82, 2.24) is 14.8 Å². The maximum atomic E-state index is 13.0. The highest BCUT2D eigenvalue weighted by Gasteiger charge is 2.29. The van der Waals surface area contributed by atoms with Gasteiger partial charge in [0.05, 0.1) is 4.90 Å². The molecule has 0 aliphatic carbocycles. The summed E-state index contributed by atoms with van der Waals surface area (Å²) in [5.41, 5.74) is 0.466. The monoisotopic (exact) mass is 420 g/mol. The Kier molecular flexibility index (Phi) is 5.80. The number of rotatable bonds is 6. The van der Waals surface area contributed by atoms with E-state index >= 15 is 0 Å². The van der Waals surface area contributed by atoms with Crippen molar-refractivity contribution in [2.24, 2.45) is 7.05 Å². The average Bonchev–Trinajstić information content (AvgIpc) is 3.07. The minimum atomic E-state index is -3.92. The van der Waals surface area contributed by atoms with E-state index in [0.29, 0.717) is 5.69 Å². The van der Waals surface area contributed by atoms with Gasteiger partial charge in [0.15, 0.2) is 15.0 Å². The summed E-state index contributed by atoms with van der Waals surface area (Å²) < 4.78 is 39.9. The van der Waals surface area contributed by atoms with Gasteiger partial charge in [-0.05, 0) is 67.2 Å². The van der Waals surface area contributed by atoms with E-state index < -0.39 is 26.8 Å². The third kappa shape index (κ3) is 4.39. The second kappa shape index (κ2) is 8.11. The Morgan fingerprint density at radius 3 is 2.36 bits per heavy atom. The fraction of sp³-hybridized carbons (Fsp3) is 0.167. The van der Waals surface area contributed by atoms with Crippen molar-refractivity contribution < 1.29 is 17.6 Å². The molecular weight excluding hydrogens is 403 g/mol. The molecule has 0 radical (unpaired) electrons. The van der Waals surface area contributed by atoms with Gasteiger partial charge in [0.25, 0.3) is 0 Å². The summed E-state index contributed by atoms with van der Waals surface area (Å²) in [6, 6.07) is 11.3. The molecule has 1 amide bonds. The SMILES string of the molecule is CC(C(=O)Nc1ccc(Sc2nncn2C)cc1)S(=O)(=O)c1ccc(F)cc1. The van der Waals surface area contributed by atoms with Gasteiger partial charge >= 0.3 is 0 Å². The van der Waals surface area contributed by atoms with Crippen molar-refractivity contribution in [3.63, 3.8) is 0 Å². The molecule has 0 aliphatic heterocycles. The number of hydrogen-bond donors (Lipinski definition) is 1. The molecule has 146 valence electrons. The van der Waals surface area contributed by atoms with E-state index in [4.69, 9.17) is 0 Å². The number of carbonyl (C=O) groups excluding carboxylic acids is 1. The van der Waals surface area contributed by atoms with Crippen molar-refractivity contribution in [2.45, 2.75) is 27.1 Å². The largest absolute Gasteiger partial charge is 0.325 e. The van der Waals surface area contributed by atoms with Crippen molar-refractivity contribution >= 4 is 33.2 Å². The van der Waals surface area contributed by atoms with Crippen LogP contribution in [0.1, 0.15) is 6.92 Å². The van der Waals surface area contributed by atoms with Crippen LogP contribution in [0.2, 0.25) is 0 Å². The van der Waals surface area contributed by atoms with Crippen molar-refractivity contribution in [3.8, 4) is 0 Å². The molecule has 0 saturated heterocycles. The first-order valence-corrected chi connectivity index (χ1v) is 10.6. The van der Waals surface area contributed by atoms with Crippen LogP contribution in [0.25, 0.3) is 0 Å². The summed E-state index contributed by atoms with van der Waals surface area (Å²) >= 11 is 1.41. The van der Waals surface area contributed by atoms with Gasteiger partial charge in [-0.3, -0.25) is 4.79 Å². The third-order valence-corrected chi connectivity index (χ3v) is 7.11. The topological polar surface area (TPSA) is 93.9 Å². The number of nitrogens with zero attached hydrogens (tertiary/aromatic N) is 3. The molecular formula is C18H17FN4O3S2. The van der Waals surface area contributed by atoms with E-state index in [-0.39, 0.29) is 4.90 Å². The molecule has 3 aromatic rings. The molecule has 10 heteroatoms. The average molecular weight is 420 g/mol. The molecule has 1 aromatic heterocycles. The lowest BCUT2D eigenvalue weighted by Crippen LogP contribution is -2.32. The zero-order valence-corrected chi connectivity index (χ0v) is 16.7. The van der Waals surface area contributed by atoms with E-state index in [1.807, 2.05) is 7.05 Å². The highest BCUT2D eigenvalue weighted by molar-refractivity contribution is 7.99. The molecule has 1 N–H and O–H groups in total. The smallest absolute Gasteiger partial charge is 0.242 e. The number of aryl methyl sites for hydroxylation is 1. The Balaban J connectivity index is 1.68. The van der Waals surface area contributed by atoms with Gasteiger partial charge in [-0.25, -0.2) is 12.8 Å². The fourth-order valence-corrected chi connectivity index (χ4v) is 4.32. The van der Waals surface area contributed by atoms with Crippen LogP contribution in [0.3, 0.4) is 0 Å². The molecule has 0 bridgehead atoms. The number of carbonyl (C=O) groups is 1. The molecule has 0 fully saturated rings. The quantitative estimate of drug-likeness (QED) is 0.617. The van der Waals surface area contributed by atoms with Gasteiger partial charge in [0, 0.05) is 17.6 Å². The van der Waals surface area contributed by atoms with Crippen molar-refractivity contribution in [2.75, 3.05) is 5.32 Å². The predicted octanol–water partition coefficient (Wildman–Crippen LogP) is 2.91. The fourth-order valence-electron chi connectivity index (χ4n) is 2.29. The van der Waals surface area contributed by atoms with Crippen LogP contribution in [-0.4, -0.2) is 34.3 Å². The summed E-state index contributed by atoms with van der Waals surface area (Å²) in [5, 5.41) is 9.77. The Labute approximate surface area is 165 Å². The highest BCUT2D eigenvalue weighted by Crippen LogP contribution is 2.26. The summed E-state index contributed by atoms with van der Waals surface area (Å²) in [7, 11) is -2.09. The van der Waals surface area contributed by atoms with Gasteiger partial charge in [0.1, 0.15) is 17.4 Å². The first-order chi connectivity index (χ1) is 13.3. The second-order valence-corrected chi connectivity index (χ2v) is 9.29.